The molecule has 3 nitrogen and oxygen atoms in total. The molecule has 0 aromatic heterocycles. The minimum Gasteiger partial charge on any atom is -0.462 e. The standard InChI is InChI=1S/C19H30O3Si/c1-13-6-9-17(10-7-13)23(4,5)18-11-8-16(12-14(2)20)22-19(21)15(18)3/h6-7,9-10,14-16,18,20H,8,11-12H2,1-5H3/t14-,15+,16+,18+/m0/s1. The van der Waals surface area contributed by atoms with Crippen LogP contribution in [0.4, 0.5) is 0 Å². The molecule has 4 heteroatoms. The first-order chi connectivity index (χ1) is 10.7. The largest absolute Gasteiger partial charge is 0.462 e. The van der Waals surface area contributed by atoms with Crippen LogP contribution in [0.2, 0.25) is 18.6 Å². The molecule has 128 valence electrons. The van der Waals surface area contributed by atoms with E-state index in [1.807, 2.05) is 6.92 Å². The van der Waals surface area contributed by atoms with Crippen LogP contribution in [0, 0.1) is 12.8 Å². The molecule has 1 aliphatic heterocycles. The molecule has 1 heterocycles. The third-order valence-corrected chi connectivity index (χ3v) is 9.85. The first-order valence-corrected chi connectivity index (χ1v) is 11.7. The van der Waals surface area contributed by atoms with Gasteiger partial charge in [0.25, 0.3) is 0 Å². The van der Waals surface area contributed by atoms with E-state index < -0.39 is 14.2 Å². The number of aryl methyl sites for hydroxylation is 1. The summed E-state index contributed by atoms with van der Waals surface area (Å²) in [5.74, 6) is -0.164. The summed E-state index contributed by atoms with van der Waals surface area (Å²) in [5, 5.41) is 11.0. The van der Waals surface area contributed by atoms with Crippen molar-refractivity contribution in [1.82, 2.24) is 0 Å². The molecule has 0 radical (unpaired) electrons. The van der Waals surface area contributed by atoms with Gasteiger partial charge in [-0.15, -0.1) is 0 Å². The van der Waals surface area contributed by atoms with Gasteiger partial charge in [-0.3, -0.25) is 4.79 Å². The Morgan fingerprint density at radius 2 is 1.87 bits per heavy atom. The van der Waals surface area contributed by atoms with Gasteiger partial charge >= 0.3 is 5.97 Å². The van der Waals surface area contributed by atoms with Gasteiger partial charge in [0.1, 0.15) is 6.10 Å². The second-order valence-electron chi connectivity index (χ2n) is 7.70. The van der Waals surface area contributed by atoms with Crippen molar-refractivity contribution >= 4 is 19.2 Å². The maximum absolute atomic E-state index is 12.5. The average molecular weight is 335 g/mol. The van der Waals surface area contributed by atoms with Crippen molar-refractivity contribution in [3.8, 4) is 0 Å². The average Bonchev–Trinajstić information content (AvgIpc) is 2.59. The van der Waals surface area contributed by atoms with Crippen LogP contribution in [-0.4, -0.2) is 31.4 Å². The zero-order chi connectivity index (χ0) is 17.2. The van der Waals surface area contributed by atoms with Crippen molar-refractivity contribution in [3.05, 3.63) is 29.8 Å². The molecule has 1 aromatic rings. The lowest BCUT2D eigenvalue weighted by Gasteiger charge is -2.35. The molecule has 0 bridgehead atoms. The Labute approximate surface area is 141 Å². The van der Waals surface area contributed by atoms with Crippen molar-refractivity contribution in [2.45, 2.75) is 70.9 Å². The molecule has 2 rings (SSSR count). The molecule has 1 aliphatic rings. The highest BCUT2D eigenvalue weighted by molar-refractivity contribution is 6.91. The Kier molecular flexibility index (Phi) is 5.68. The number of ether oxygens (including phenoxy) is 1. The lowest BCUT2D eigenvalue weighted by atomic mass is 10.0. The quantitative estimate of drug-likeness (QED) is 0.678. The van der Waals surface area contributed by atoms with E-state index in [9.17, 15) is 9.90 Å². The summed E-state index contributed by atoms with van der Waals surface area (Å²) in [4.78, 5) is 12.5. The summed E-state index contributed by atoms with van der Waals surface area (Å²) < 4.78 is 5.64. The van der Waals surface area contributed by atoms with Gasteiger partial charge in [0.2, 0.25) is 0 Å². The van der Waals surface area contributed by atoms with E-state index in [1.165, 1.54) is 10.8 Å². The van der Waals surface area contributed by atoms with E-state index in [0.29, 0.717) is 12.0 Å². The number of aliphatic hydroxyl groups excluding tert-OH is 1. The number of cyclic esters (lactones) is 1. The molecule has 0 aliphatic carbocycles. The Morgan fingerprint density at radius 1 is 1.26 bits per heavy atom. The number of carbonyl (C=O) groups excluding carboxylic acids is 1. The van der Waals surface area contributed by atoms with Crippen molar-refractivity contribution in [2.24, 2.45) is 5.92 Å². The number of hydrogen-bond acceptors (Lipinski definition) is 3. The number of esters is 1. The van der Waals surface area contributed by atoms with Crippen molar-refractivity contribution < 1.29 is 14.6 Å². The summed E-state index contributed by atoms with van der Waals surface area (Å²) >= 11 is 0. The molecule has 1 saturated heterocycles. The minimum atomic E-state index is -1.77. The highest BCUT2D eigenvalue weighted by Gasteiger charge is 2.42. The maximum Gasteiger partial charge on any atom is 0.308 e. The van der Waals surface area contributed by atoms with Crippen molar-refractivity contribution in [3.63, 3.8) is 0 Å². The zero-order valence-electron chi connectivity index (χ0n) is 15.0. The summed E-state index contributed by atoms with van der Waals surface area (Å²) in [6.07, 6.45) is 1.82. The van der Waals surface area contributed by atoms with Crippen LogP contribution < -0.4 is 5.19 Å². The highest BCUT2D eigenvalue weighted by atomic mass is 28.3. The SMILES string of the molecule is Cc1ccc([Si](C)(C)[C@@H]2CC[C@H](C[C@H](C)O)OC(=O)[C@@H]2C)cc1. The topological polar surface area (TPSA) is 46.5 Å². The van der Waals surface area contributed by atoms with Crippen molar-refractivity contribution in [2.75, 3.05) is 0 Å². The van der Waals surface area contributed by atoms with Crippen LogP contribution in [0.5, 0.6) is 0 Å². The predicted molar refractivity (Wildman–Crippen MR) is 96.6 cm³/mol. The van der Waals surface area contributed by atoms with Gasteiger partial charge in [0, 0.05) is 6.42 Å². The Morgan fingerprint density at radius 3 is 2.43 bits per heavy atom. The summed E-state index contributed by atoms with van der Waals surface area (Å²) in [5.41, 5.74) is 1.64. The lowest BCUT2D eigenvalue weighted by molar-refractivity contribution is -0.153. The third kappa shape index (κ3) is 4.24. The van der Waals surface area contributed by atoms with Crippen LogP contribution in [0.15, 0.2) is 24.3 Å². The number of hydrogen-bond donors (Lipinski definition) is 1. The van der Waals surface area contributed by atoms with E-state index in [4.69, 9.17) is 4.74 Å². The molecule has 4 atom stereocenters. The molecule has 0 unspecified atom stereocenters. The van der Waals surface area contributed by atoms with Gasteiger partial charge in [0.05, 0.1) is 20.1 Å². The number of rotatable bonds is 4. The normalized spacial score (nSPS) is 27.2. The molecular formula is C19H30O3Si. The highest BCUT2D eigenvalue weighted by Crippen LogP contribution is 2.39. The molecule has 0 spiro atoms. The van der Waals surface area contributed by atoms with Gasteiger partial charge < -0.3 is 9.84 Å². The molecule has 0 amide bonds. The fourth-order valence-corrected chi connectivity index (χ4v) is 7.57. The van der Waals surface area contributed by atoms with Gasteiger partial charge in [-0.1, -0.05) is 55.0 Å². The second-order valence-corrected chi connectivity index (χ2v) is 12.5. The molecular weight excluding hydrogens is 304 g/mol. The summed E-state index contributed by atoms with van der Waals surface area (Å²) in [7, 11) is -1.77. The smallest absolute Gasteiger partial charge is 0.308 e. The van der Waals surface area contributed by atoms with E-state index in [1.54, 1.807) is 6.92 Å². The third-order valence-electron chi connectivity index (χ3n) is 5.38. The molecule has 1 N–H and O–H groups in total. The molecule has 1 fully saturated rings. The van der Waals surface area contributed by atoms with Crippen LogP contribution in [0.25, 0.3) is 0 Å². The van der Waals surface area contributed by atoms with E-state index in [2.05, 4.69) is 44.3 Å². The Hall–Kier alpha value is -1.13. The van der Waals surface area contributed by atoms with E-state index in [0.717, 1.165) is 12.8 Å². The number of benzene rings is 1. The van der Waals surface area contributed by atoms with E-state index in [-0.39, 0.29) is 18.0 Å². The monoisotopic (exact) mass is 334 g/mol. The molecule has 23 heavy (non-hydrogen) atoms. The second kappa shape index (κ2) is 7.18. The first-order valence-electron chi connectivity index (χ1n) is 8.67. The van der Waals surface area contributed by atoms with Crippen LogP contribution in [0.1, 0.15) is 38.7 Å². The number of aliphatic hydroxyl groups is 1. The lowest BCUT2D eigenvalue weighted by Crippen LogP contribution is -2.48. The maximum atomic E-state index is 12.5. The fourth-order valence-electron chi connectivity index (χ4n) is 3.84. The van der Waals surface area contributed by atoms with Gasteiger partial charge in [-0.2, -0.15) is 0 Å². The summed E-state index contributed by atoms with van der Waals surface area (Å²) in [6.45, 7) is 10.6. The first kappa shape index (κ1) is 18.2. The van der Waals surface area contributed by atoms with Crippen LogP contribution in [-0.2, 0) is 9.53 Å². The summed E-state index contributed by atoms with van der Waals surface area (Å²) in [6, 6.07) is 8.80. The zero-order valence-corrected chi connectivity index (χ0v) is 16.0. The number of carbonyl (C=O) groups is 1. The molecule has 1 aromatic carbocycles. The van der Waals surface area contributed by atoms with Crippen molar-refractivity contribution in [1.29, 1.82) is 0 Å². The van der Waals surface area contributed by atoms with Gasteiger partial charge in [-0.25, -0.2) is 0 Å². The Bertz CT molecular complexity index is 536. The fraction of sp³-hybridized carbons (Fsp3) is 0.632. The van der Waals surface area contributed by atoms with Crippen LogP contribution in [0.3, 0.4) is 0 Å². The Balaban J connectivity index is 2.23. The predicted octanol–water partition coefficient (Wildman–Crippen LogP) is 3.39. The van der Waals surface area contributed by atoms with E-state index >= 15 is 0 Å². The minimum absolute atomic E-state index is 0.0723. The van der Waals surface area contributed by atoms with Gasteiger partial charge in [0.15, 0.2) is 0 Å². The van der Waals surface area contributed by atoms with Crippen LogP contribution >= 0.6 is 0 Å². The molecule has 0 saturated carbocycles. The van der Waals surface area contributed by atoms with Gasteiger partial charge in [-0.05, 0) is 32.2 Å².